The van der Waals surface area contributed by atoms with Crippen molar-refractivity contribution < 1.29 is 18.0 Å². The third-order valence-electron chi connectivity index (χ3n) is 5.44. The number of hydrogen-bond acceptors (Lipinski definition) is 5. The molecular formula is C20H21ClN2O4S. The summed E-state index contributed by atoms with van der Waals surface area (Å²) in [5, 5.41) is 0. The summed E-state index contributed by atoms with van der Waals surface area (Å²) in [5.41, 5.74) is 6.28. The Bertz CT molecular complexity index is 1070. The molecule has 0 spiro atoms. The molecule has 1 amide bonds. The molecule has 2 unspecified atom stereocenters. The van der Waals surface area contributed by atoms with Crippen LogP contribution in [0.15, 0.2) is 52.3 Å². The monoisotopic (exact) mass is 420 g/mol. The molecular weight excluding hydrogens is 400 g/mol. The van der Waals surface area contributed by atoms with Crippen LogP contribution in [0.25, 0.3) is 0 Å². The summed E-state index contributed by atoms with van der Waals surface area (Å²) in [6.45, 7) is 3.03. The van der Waals surface area contributed by atoms with Gasteiger partial charge in [-0.25, -0.2) is 8.42 Å². The standard InChI is InChI=1S/C20H20N2O4S.ClH/c1-12-8-13(10-21)11-22(12)20(24)14-6-7-16-18(9-14)27(25,26)17-5-3-2-4-15(17)19(16)23;/h2-7,9,12-13H,8,10-11,21H2,1H3;1H. The number of benzene rings is 2. The number of sulfone groups is 1. The number of nitrogens with two attached hydrogens (primary N) is 1. The Hall–Kier alpha value is -2.22. The average molecular weight is 421 g/mol. The van der Waals surface area contributed by atoms with E-state index in [0.717, 1.165) is 6.42 Å². The van der Waals surface area contributed by atoms with E-state index >= 15 is 0 Å². The van der Waals surface area contributed by atoms with Crippen molar-refractivity contribution in [2.24, 2.45) is 11.7 Å². The highest BCUT2D eigenvalue weighted by atomic mass is 35.5. The highest BCUT2D eigenvalue weighted by Crippen LogP contribution is 2.35. The maximum atomic E-state index is 13.0. The van der Waals surface area contributed by atoms with Crippen molar-refractivity contribution in [1.82, 2.24) is 4.90 Å². The molecule has 6 nitrogen and oxygen atoms in total. The molecule has 0 aromatic heterocycles. The minimum absolute atomic E-state index is 0. The van der Waals surface area contributed by atoms with Crippen molar-refractivity contribution >= 4 is 33.9 Å². The fraction of sp³-hybridized carbons (Fsp3) is 0.300. The summed E-state index contributed by atoms with van der Waals surface area (Å²) in [5.74, 6) is -0.325. The van der Waals surface area contributed by atoms with Gasteiger partial charge in [-0.05, 0) is 56.1 Å². The van der Waals surface area contributed by atoms with Crippen molar-refractivity contribution in [3.63, 3.8) is 0 Å². The van der Waals surface area contributed by atoms with Gasteiger partial charge in [-0.1, -0.05) is 12.1 Å². The molecule has 4 rings (SSSR count). The summed E-state index contributed by atoms with van der Waals surface area (Å²) in [6, 6.07) is 10.5. The highest BCUT2D eigenvalue weighted by Gasteiger charge is 2.37. The van der Waals surface area contributed by atoms with Gasteiger partial charge in [0.2, 0.25) is 9.84 Å². The molecule has 148 valence electrons. The smallest absolute Gasteiger partial charge is 0.254 e. The number of amides is 1. The minimum atomic E-state index is -3.85. The first kappa shape index (κ1) is 20.5. The first-order valence-corrected chi connectivity index (χ1v) is 10.4. The second-order valence-corrected chi connectivity index (χ2v) is 9.07. The van der Waals surface area contributed by atoms with Gasteiger partial charge in [-0.2, -0.15) is 0 Å². The van der Waals surface area contributed by atoms with E-state index in [9.17, 15) is 18.0 Å². The Balaban J connectivity index is 0.00000225. The van der Waals surface area contributed by atoms with E-state index in [4.69, 9.17) is 5.73 Å². The summed E-state index contributed by atoms with van der Waals surface area (Å²) < 4.78 is 26.0. The van der Waals surface area contributed by atoms with Crippen molar-refractivity contribution in [3.8, 4) is 0 Å². The number of nitrogens with zero attached hydrogens (tertiary/aromatic N) is 1. The number of likely N-dealkylation sites (tertiary alicyclic amines) is 1. The van der Waals surface area contributed by atoms with Crippen LogP contribution < -0.4 is 5.73 Å². The normalized spacial score (nSPS) is 22.2. The fourth-order valence-electron chi connectivity index (χ4n) is 3.98. The van der Waals surface area contributed by atoms with Crippen molar-refractivity contribution in [3.05, 3.63) is 59.2 Å². The first-order valence-electron chi connectivity index (χ1n) is 8.88. The molecule has 0 saturated carbocycles. The number of fused-ring (bicyclic) bond motifs is 2. The molecule has 2 aliphatic rings. The topological polar surface area (TPSA) is 97.5 Å². The minimum Gasteiger partial charge on any atom is -0.336 e. The van der Waals surface area contributed by atoms with Crippen LogP contribution in [0.3, 0.4) is 0 Å². The summed E-state index contributed by atoms with van der Waals surface area (Å²) in [4.78, 5) is 27.3. The molecule has 0 bridgehead atoms. The lowest BCUT2D eigenvalue weighted by Crippen LogP contribution is -2.34. The van der Waals surface area contributed by atoms with Crippen LogP contribution in [0.2, 0.25) is 0 Å². The molecule has 0 aliphatic carbocycles. The number of rotatable bonds is 2. The third kappa shape index (κ3) is 3.03. The van der Waals surface area contributed by atoms with Gasteiger partial charge in [0.15, 0.2) is 5.78 Å². The SMILES string of the molecule is CC1CC(CN)CN1C(=O)c1ccc2c(c1)S(=O)(=O)c1ccccc1C2=O.Cl. The van der Waals surface area contributed by atoms with Crippen molar-refractivity contribution in [2.45, 2.75) is 29.2 Å². The largest absolute Gasteiger partial charge is 0.336 e. The lowest BCUT2D eigenvalue weighted by Gasteiger charge is -2.23. The van der Waals surface area contributed by atoms with Crippen LogP contribution in [0, 0.1) is 5.92 Å². The molecule has 2 heterocycles. The van der Waals surface area contributed by atoms with E-state index < -0.39 is 9.84 Å². The van der Waals surface area contributed by atoms with Gasteiger partial charge in [-0.15, -0.1) is 12.4 Å². The maximum Gasteiger partial charge on any atom is 0.254 e. The summed E-state index contributed by atoms with van der Waals surface area (Å²) >= 11 is 0. The van der Waals surface area contributed by atoms with Gasteiger partial charge in [-0.3, -0.25) is 9.59 Å². The molecule has 2 aromatic rings. The predicted octanol–water partition coefficient (Wildman–Crippen LogP) is 2.29. The van der Waals surface area contributed by atoms with Crippen LogP contribution >= 0.6 is 12.4 Å². The molecule has 28 heavy (non-hydrogen) atoms. The van der Waals surface area contributed by atoms with Crippen LogP contribution in [0.5, 0.6) is 0 Å². The Labute approximate surface area is 170 Å². The second-order valence-electron chi connectivity index (χ2n) is 7.18. The molecule has 0 radical (unpaired) electrons. The Kier molecular flexibility index (Phi) is 5.36. The number of carbonyl (C=O) groups is 2. The zero-order chi connectivity index (χ0) is 19.3. The van der Waals surface area contributed by atoms with E-state index in [1.54, 1.807) is 17.0 Å². The molecule has 2 atom stereocenters. The number of ketones is 1. The number of carbonyl (C=O) groups excluding carboxylic acids is 2. The first-order chi connectivity index (χ1) is 12.8. The average Bonchev–Trinajstić information content (AvgIpc) is 3.06. The van der Waals surface area contributed by atoms with E-state index in [2.05, 4.69) is 0 Å². The van der Waals surface area contributed by atoms with Gasteiger partial charge in [0, 0.05) is 29.3 Å². The molecule has 1 fully saturated rings. The second kappa shape index (κ2) is 7.31. The zero-order valence-electron chi connectivity index (χ0n) is 15.3. The van der Waals surface area contributed by atoms with Gasteiger partial charge >= 0.3 is 0 Å². The molecule has 2 aliphatic heterocycles. The Morgan fingerprint density at radius 1 is 1.14 bits per heavy atom. The fourth-order valence-corrected chi connectivity index (χ4v) is 5.66. The van der Waals surface area contributed by atoms with Crippen molar-refractivity contribution in [1.29, 1.82) is 0 Å². The highest BCUT2D eigenvalue weighted by molar-refractivity contribution is 7.91. The summed E-state index contributed by atoms with van der Waals surface area (Å²) in [6.07, 6.45) is 0.831. The Morgan fingerprint density at radius 3 is 2.50 bits per heavy atom. The van der Waals surface area contributed by atoms with Gasteiger partial charge in [0.05, 0.1) is 9.79 Å². The van der Waals surface area contributed by atoms with Crippen LogP contribution in [0.1, 0.15) is 39.6 Å². The lowest BCUT2D eigenvalue weighted by atomic mass is 10.0. The van der Waals surface area contributed by atoms with Crippen LogP contribution in [0.4, 0.5) is 0 Å². The zero-order valence-corrected chi connectivity index (χ0v) is 16.9. The summed E-state index contributed by atoms with van der Waals surface area (Å²) in [7, 11) is -3.85. The molecule has 2 aromatic carbocycles. The van der Waals surface area contributed by atoms with Crippen LogP contribution in [-0.2, 0) is 9.84 Å². The Morgan fingerprint density at radius 2 is 1.82 bits per heavy atom. The van der Waals surface area contributed by atoms with Crippen LogP contribution in [-0.4, -0.2) is 44.1 Å². The molecule has 8 heteroatoms. The molecule has 2 N–H and O–H groups in total. The molecule has 1 saturated heterocycles. The third-order valence-corrected chi connectivity index (χ3v) is 7.29. The van der Waals surface area contributed by atoms with Gasteiger partial charge < -0.3 is 10.6 Å². The van der Waals surface area contributed by atoms with Gasteiger partial charge in [0.1, 0.15) is 0 Å². The van der Waals surface area contributed by atoms with E-state index in [1.165, 1.54) is 30.3 Å². The quantitative estimate of drug-likeness (QED) is 0.686. The van der Waals surface area contributed by atoms with E-state index in [0.29, 0.717) is 13.1 Å². The predicted molar refractivity (Wildman–Crippen MR) is 107 cm³/mol. The van der Waals surface area contributed by atoms with Crippen molar-refractivity contribution in [2.75, 3.05) is 13.1 Å². The number of halogens is 1. The van der Waals surface area contributed by atoms with Gasteiger partial charge in [0.25, 0.3) is 5.91 Å². The lowest BCUT2D eigenvalue weighted by molar-refractivity contribution is 0.0742. The number of hydrogen-bond donors (Lipinski definition) is 1. The van der Waals surface area contributed by atoms with E-state index in [1.807, 2.05) is 6.92 Å². The van der Waals surface area contributed by atoms with E-state index in [-0.39, 0.29) is 62.5 Å². The maximum absolute atomic E-state index is 13.0.